The number of hydrogen-bond donors (Lipinski definition) is 1. The molecule has 0 spiro atoms. The van der Waals surface area contributed by atoms with E-state index in [1.165, 1.54) is 32.4 Å². The molecule has 32 heavy (non-hydrogen) atoms. The van der Waals surface area contributed by atoms with Crippen molar-refractivity contribution < 1.29 is 32.2 Å². The standard InChI is InChI=1S/C22H25F3N2O4S/c1-30-16-11-10-15(13-17(16)31-2)27(21(29)22(23,24)25)19(18-9-6-12-32-18)20(28)26-14-7-4-3-5-8-14/h6,9-14,19H,3-5,7-8H2,1-2H3,(H,26,28)/t19-/m0/s1. The van der Waals surface area contributed by atoms with Crippen molar-refractivity contribution in [1.82, 2.24) is 5.32 Å². The van der Waals surface area contributed by atoms with Crippen LogP contribution in [0.15, 0.2) is 35.7 Å². The van der Waals surface area contributed by atoms with Crippen LogP contribution in [0.5, 0.6) is 11.5 Å². The summed E-state index contributed by atoms with van der Waals surface area (Å²) in [6.45, 7) is 0. The van der Waals surface area contributed by atoms with E-state index in [-0.39, 0.29) is 23.2 Å². The monoisotopic (exact) mass is 470 g/mol. The molecule has 0 radical (unpaired) electrons. The van der Waals surface area contributed by atoms with Crippen LogP contribution in [0.4, 0.5) is 18.9 Å². The number of amides is 2. The van der Waals surface area contributed by atoms with Crippen molar-refractivity contribution in [3.8, 4) is 11.5 Å². The van der Waals surface area contributed by atoms with Crippen molar-refractivity contribution in [1.29, 1.82) is 0 Å². The molecule has 1 aromatic carbocycles. The second-order valence-electron chi connectivity index (χ2n) is 7.47. The molecule has 1 atom stereocenters. The quantitative estimate of drug-likeness (QED) is 0.628. The normalized spacial score (nSPS) is 15.7. The minimum Gasteiger partial charge on any atom is -0.493 e. The molecule has 0 unspecified atom stereocenters. The van der Waals surface area contributed by atoms with E-state index in [4.69, 9.17) is 9.47 Å². The number of carbonyl (C=O) groups excluding carboxylic acids is 2. The summed E-state index contributed by atoms with van der Waals surface area (Å²) in [6.07, 6.45) is -0.733. The van der Waals surface area contributed by atoms with E-state index >= 15 is 0 Å². The number of anilines is 1. The molecule has 1 saturated carbocycles. The molecule has 1 aromatic heterocycles. The fourth-order valence-electron chi connectivity index (χ4n) is 3.84. The molecule has 1 N–H and O–H groups in total. The van der Waals surface area contributed by atoms with Gasteiger partial charge in [0.05, 0.1) is 14.2 Å². The van der Waals surface area contributed by atoms with Crippen molar-refractivity contribution in [3.63, 3.8) is 0 Å². The first-order valence-electron chi connectivity index (χ1n) is 10.2. The van der Waals surface area contributed by atoms with E-state index in [0.29, 0.717) is 9.78 Å². The van der Waals surface area contributed by atoms with Gasteiger partial charge in [0.15, 0.2) is 17.5 Å². The van der Waals surface area contributed by atoms with E-state index in [9.17, 15) is 22.8 Å². The van der Waals surface area contributed by atoms with Gasteiger partial charge in [0, 0.05) is 22.7 Å². The third-order valence-electron chi connectivity index (χ3n) is 5.38. The molecule has 10 heteroatoms. The summed E-state index contributed by atoms with van der Waals surface area (Å²) in [6, 6.07) is 5.53. The summed E-state index contributed by atoms with van der Waals surface area (Å²) in [5, 5.41) is 4.52. The lowest BCUT2D eigenvalue weighted by Crippen LogP contribution is -2.50. The number of hydrogen-bond acceptors (Lipinski definition) is 5. The smallest absolute Gasteiger partial charge is 0.471 e. The van der Waals surface area contributed by atoms with Gasteiger partial charge in [-0.25, -0.2) is 0 Å². The summed E-state index contributed by atoms with van der Waals surface area (Å²) in [7, 11) is 2.73. The fourth-order valence-corrected chi connectivity index (χ4v) is 4.66. The van der Waals surface area contributed by atoms with E-state index < -0.39 is 24.0 Å². The maximum Gasteiger partial charge on any atom is 0.471 e. The fraction of sp³-hybridized carbons (Fsp3) is 0.455. The number of carbonyl (C=O) groups is 2. The number of nitrogens with one attached hydrogen (secondary N) is 1. The van der Waals surface area contributed by atoms with E-state index in [1.54, 1.807) is 17.5 Å². The average molecular weight is 471 g/mol. The highest BCUT2D eigenvalue weighted by Crippen LogP contribution is 2.38. The maximum atomic E-state index is 13.7. The third-order valence-corrected chi connectivity index (χ3v) is 6.30. The zero-order valence-electron chi connectivity index (χ0n) is 17.8. The molecular weight excluding hydrogens is 445 g/mol. The Kier molecular flexibility index (Phi) is 7.65. The van der Waals surface area contributed by atoms with Gasteiger partial charge in [0.1, 0.15) is 0 Å². The van der Waals surface area contributed by atoms with E-state index in [1.807, 2.05) is 0 Å². The van der Waals surface area contributed by atoms with Crippen molar-refractivity contribution in [3.05, 3.63) is 40.6 Å². The lowest BCUT2D eigenvalue weighted by atomic mass is 9.95. The van der Waals surface area contributed by atoms with Crippen LogP contribution in [0.1, 0.15) is 43.0 Å². The highest BCUT2D eigenvalue weighted by Gasteiger charge is 2.48. The van der Waals surface area contributed by atoms with Gasteiger partial charge in [-0.05, 0) is 36.4 Å². The van der Waals surface area contributed by atoms with Gasteiger partial charge in [0.2, 0.25) is 5.91 Å². The van der Waals surface area contributed by atoms with Crippen LogP contribution in [0.3, 0.4) is 0 Å². The van der Waals surface area contributed by atoms with Crippen LogP contribution in [-0.4, -0.2) is 38.3 Å². The van der Waals surface area contributed by atoms with E-state index in [0.717, 1.165) is 43.4 Å². The van der Waals surface area contributed by atoms with Crippen LogP contribution in [0, 0.1) is 0 Å². The van der Waals surface area contributed by atoms with Gasteiger partial charge in [-0.3, -0.25) is 14.5 Å². The molecule has 0 aliphatic heterocycles. The molecule has 1 fully saturated rings. The first kappa shape index (κ1) is 23.9. The molecule has 0 saturated heterocycles. The predicted octanol–water partition coefficient (Wildman–Crippen LogP) is 4.85. The van der Waals surface area contributed by atoms with Crippen molar-refractivity contribution in [2.24, 2.45) is 0 Å². The molecule has 3 rings (SSSR count). The third kappa shape index (κ3) is 5.35. The number of halogens is 3. The maximum absolute atomic E-state index is 13.7. The van der Waals surface area contributed by atoms with Crippen LogP contribution < -0.4 is 19.7 Å². The number of nitrogens with zero attached hydrogens (tertiary/aromatic N) is 1. The number of thiophene rings is 1. The summed E-state index contributed by atoms with van der Waals surface area (Å²) in [4.78, 5) is 26.7. The SMILES string of the molecule is COc1ccc(N(C(=O)C(F)(F)F)[C@H](C(=O)NC2CCCCC2)c2cccs2)cc1OC. The Labute approximate surface area is 188 Å². The lowest BCUT2D eigenvalue weighted by molar-refractivity contribution is -0.171. The van der Waals surface area contributed by atoms with Crippen molar-refractivity contribution in [2.45, 2.75) is 50.4 Å². The van der Waals surface area contributed by atoms with Crippen molar-refractivity contribution >= 4 is 28.8 Å². The Balaban J connectivity index is 2.07. The Morgan fingerprint density at radius 2 is 1.78 bits per heavy atom. The molecule has 2 amide bonds. The molecule has 1 aliphatic carbocycles. The number of ether oxygens (including phenoxy) is 2. The second kappa shape index (κ2) is 10.2. The van der Waals surface area contributed by atoms with Gasteiger partial charge in [0.25, 0.3) is 0 Å². The van der Waals surface area contributed by atoms with Crippen LogP contribution in [0.25, 0.3) is 0 Å². The first-order chi connectivity index (χ1) is 15.3. The summed E-state index contributed by atoms with van der Waals surface area (Å²) in [5.74, 6) is -2.36. The number of methoxy groups -OCH3 is 2. The predicted molar refractivity (Wildman–Crippen MR) is 115 cm³/mol. The highest BCUT2D eigenvalue weighted by atomic mass is 32.1. The first-order valence-corrected chi connectivity index (χ1v) is 11.1. The highest BCUT2D eigenvalue weighted by molar-refractivity contribution is 7.10. The topological polar surface area (TPSA) is 67.9 Å². The second-order valence-corrected chi connectivity index (χ2v) is 8.45. The largest absolute Gasteiger partial charge is 0.493 e. The number of rotatable bonds is 7. The Hall–Kier alpha value is -2.75. The van der Waals surface area contributed by atoms with Gasteiger partial charge < -0.3 is 14.8 Å². The van der Waals surface area contributed by atoms with Crippen LogP contribution in [0.2, 0.25) is 0 Å². The molecule has 174 valence electrons. The van der Waals surface area contributed by atoms with Crippen molar-refractivity contribution in [2.75, 3.05) is 19.1 Å². The minimum absolute atomic E-state index is 0.123. The molecule has 2 aromatic rings. The number of benzene rings is 1. The van der Waals surface area contributed by atoms with Crippen LogP contribution in [-0.2, 0) is 9.59 Å². The minimum atomic E-state index is -5.19. The van der Waals surface area contributed by atoms with Gasteiger partial charge in [-0.15, -0.1) is 11.3 Å². The zero-order valence-corrected chi connectivity index (χ0v) is 18.6. The zero-order chi connectivity index (χ0) is 23.3. The summed E-state index contributed by atoms with van der Waals surface area (Å²) in [5.41, 5.74) is -0.123. The molecule has 1 aliphatic rings. The van der Waals surface area contributed by atoms with Gasteiger partial charge >= 0.3 is 12.1 Å². The Bertz CT molecular complexity index is 928. The summed E-state index contributed by atoms with van der Waals surface area (Å²) < 4.78 is 51.3. The average Bonchev–Trinajstić information content (AvgIpc) is 3.30. The molecule has 0 bridgehead atoms. The lowest BCUT2D eigenvalue weighted by Gasteiger charge is -2.33. The van der Waals surface area contributed by atoms with Gasteiger partial charge in [-0.1, -0.05) is 25.3 Å². The Morgan fingerprint density at radius 3 is 2.34 bits per heavy atom. The van der Waals surface area contributed by atoms with Gasteiger partial charge in [-0.2, -0.15) is 13.2 Å². The number of alkyl halides is 3. The molecule has 1 heterocycles. The molecular formula is C22H25F3N2O4S. The summed E-state index contributed by atoms with van der Waals surface area (Å²) >= 11 is 1.11. The van der Waals surface area contributed by atoms with E-state index in [2.05, 4.69) is 5.32 Å². The molecule has 6 nitrogen and oxygen atoms in total. The Morgan fingerprint density at radius 1 is 1.09 bits per heavy atom. The van der Waals surface area contributed by atoms with Crippen LogP contribution >= 0.6 is 11.3 Å².